The summed E-state index contributed by atoms with van der Waals surface area (Å²) in [5.74, 6) is 1.41. The van der Waals surface area contributed by atoms with Gasteiger partial charge in [0.05, 0.1) is 18.9 Å². The lowest BCUT2D eigenvalue weighted by Gasteiger charge is -2.23. The molecular formula is C23H22N6O2. The number of ether oxygens (including phenoxy) is 2. The van der Waals surface area contributed by atoms with Crippen LogP contribution in [-0.4, -0.2) is 44.1 Å². The second-order valence-electron chi connectivity index (χ2n) is 7.26. The van der Waals surface area contributed by atoms with E-state index in [1.807, 2.05) is 59.2 Å². The highest BCUT2D eigenvalue weighted by Gasteiger charge is 2.15. The summed E-state index contributed by atoms with van der Waals surface area (Å²) in [6, 6.07) is 17.8. The van der Waals surface area contributed by atoms with Crippen molar-refractivity contribution in [3.8, 4) is 22.7 Å². The van der Waals surface area contributed by atoms with E-state index in [-0.39, 0.29) is 6.10 Å². The van der Waals surface area contributed by atoms with Crippen molar-refractivity contribution in [2.24, 2.45) is 0 Å². The molecule has 1 aliphatic heterocycles. The quantitative estimate of drug-likeness (QED) is 0.510. The van der Waals surface area contributed by atoms with Gasteiger partial charge in [-0.05, 0) is 54.6 Å². The first-order valence-corrected chi connectivity index (χ1v) is 10.2. The summed E-state index contributed by atoms with van der Waals surface area (Å²) in [4.78, 5) is 8.99. The molecule has 3 heterocycles. The number of benzene rings is 2. The lowest BCUT2D eigenvalue weighted by molar-refractivity contribution is 0.0256. The topological polar surface area (TPSA) is 87.0 Å². The molecule has 0 saturated carbocycles. The van der Waals surface area contributed by atoms with Gasteiger partial charge in [-0.15, -0.1) is 10.2 Å². The Hall–Kier alpha value is -3.78. The predicted molar refractivity (Wildman–Crippen MR) is 117 cm³/mol. The third-order valence-corrected chi connectivity index (χ3v) is 5.12. The average molecular weight is 414 g/mol. The SMILES string of the molecule is c1cc(-c2ccc(OC3CCOCC3)cc2)nc(Nc2ccc(-n3cnnc3)cc2)n1. The first-order chi connectivity index (χ1) is 15.3. The van der Waals surface area contributed by atoms with Gasteiger partial charge in [0.25, 0.3) is 0 Å². The van der Waals surface area contributed by atoms with Crippen molar-refractivity contribution < 1.29 is 9.47 Å². The van der Waals surface area contributed by atoms with Crippen LogP contribution in [0.15, 0.2) is 73.4 Å². The summed E-state index contributed by atoms with van der Waals surface area (Å²) < 4.78 is 13.3. The second-order valence-corrected chi connectivity index (χ2v) is 7.26. The van der Waals surface area contributed by atoms with E-state index in [9.17, 15) is 0 Å². The molecule has 8 heteroatoms. The fraction of sp³-hybridized carbons (Fsp3) is 0.217. The summed E-state index contributed by atoms with van der Waals surface area (Å²) in [5, 5.41) is 10.9. The fourth-order valence-electron chi connectivity index (χ4n) is 3.45. The molecule has 8 nitrogen and oxygen atoms in total. The van der Waals surface area contributed by atoms with Gasteiger partial charge in [-0.2, -0.15) is 0 Å². The summed E-state index contributed by atoms with van der Waals surface area (Å²) in [7, 11) is 0. The highest BCUT2D eigenvalue weighted by molar-refractivity contribution is 5.63. The van der Waals surface area contributed by atoms with E-state index in [2.05, 4.69) is 25.5 Å². The summed E-state index contributed by atoms with van der Waals surface area (Å²) in [6.07, 6.45) is 7.17. The van der Waals surface area contributed by atoms with Crippen molar-refractivity contribution in [3.05, 3.63) is 73.4 Å². The third-order valence-electron chi connectivity index (χ3n) is 5.12. The fourth-order valence-corrected chi connectivity index (χ4v) is 3.45. The molecule has 0 amide bonds. The third kappa shape index (κ3) is 4.70. The van der Waals surface area contributed by atoms with E-state index in [4.69, 9.17) is 9.47 Å². The van der Waals surface area contributed by atoms with Crippen LogP contribution in [-0.2, 0) is 4.74 Å². The molecular weight excluding hydrogens is 392 g/mol. The Bertz CT molecular complexity index is 1110. The maximum atomic E-state index is 6.05. The molecule has 2 aromatic heterocycles. The van der Waals surface area contributed by atoms with E-state index in [0.29, 0.717) is 5.95 Å². The van der Waals surface area contributed by atoms with Gasteiger partial charge >= 0.3 is 0 Å². The Morgan fingerprint density at radius 3 is 2.39 bits per heavy atom. The normalized spacial score (nSPS) is 14.3. The molecule has 31 heavy (non-hydrogen) atoms. The number of rotatable bonds is 6. The minimum Gasteiger partial charge on any atom is -0.490 e. The van der Waals surface area contributed by atoms with Crippen LogP contribution < -0.4 is 10.1 Å². The standard InChI is InChI=1S/C23H22N6O2/c1-7-20(31-21-10-13-30-14-11-21)8-2-17(1)22-9-12-24-23(28-22)27-18-3-5-19(6-4-18)29-15-25-26-16-29/h1-9,12,15-16,21H,10-11,13-14H2,(H,24,27,28). The first kappa shape index (κ1) is 19.2. The van der Waals surface area contributed by atoms with Crippen molar-refractivity contribution in [2.75, 3.05) is 18.5 Å². The van der Waals surface area contributed by atoms with Crippen LogP contribution in [0, 0.1) is 0 Å². The van der Waals surface area contributed by atoms with Crippen molar-refractivity contribution in [3.63, 3.8) is 0 Å². The van der Waals surface area contributed by atoms with Gasteiger partial charge in [-0.25, -0.2) is 9.97 Å². The number of nitrogens with one attached hydrogen (secondary N) is 1. The van der Waals surface area contributed by atoms with Crippen molar-refractivity contribution >= 4 is 11.6 Å². The lowest BCUT2D eigenvalue weighted by atomic mass is 10.1. The Labute approximate surface area is 179 Å². The number of hydrogen-bond acceptors (Lipinski definition) is 7. The molecule has 1 N–H and O–H groups in total. The van der Waals surface area contributed by atoms with Crippen LogP contribution in [0.4, 0.5) is 11.6 Å². The Morgan fingerprint density at radius 2 is 1.65 bits per heavy atom. The highest BCUT2D eigenvalue weighted by Crippen LogP contribution is 2.24. The summed E-state index contributed by atoms with van der Waals surface area (Å²) >= 11 is 0. The van der Waals surface area contributed by atoms with Crippen molar-refractivity contribution in [1.82, 2.24) is 24.7 Å². The molecule has 156 valence electrons. The molecule has 0 radical (unpaired) electrons. The van der Waals surface area contributed by atoms with Crippen LogP contribution in [0.2, 0.25) is 0 Å². The maximum Gasteiger partial charge on any atom is 0.227 e. The van der Waals surface area contributed by atoms with Gasteiger partial charge in [-0.3, -0.25) is 4.57 Å². The molecule has 0 aliphatic carbocycles. The van der Waals surface area contributed by atoms with Gasteiger partial charge in [0.2, 0.25) is 5.95 Å². The van der Waals surface area contributed by atoms with E-state index >= 15 is 0 Å². The van der Waals surface area contributed by atoms with Gasteiger partial charge < -0.3 is 14.8 Å². The Morgan fingerprint density at radius 1 is 0.903 bits per heavy atom. The molecule has 2 aromatic carbocycles. The predicted octanol–water partition coefficient (Wildman–Crippen LogP) is 4.03. The molecule has 4 aromatic rings. The van der Waals surface area contributed by atoms with E-state index in [1.54, 1.807) is 18.9 Å². The molecule has 0 atom stereocenters. The van der Waals surface area contributed by atoms with Crippen LogP contribution in [0.5, 0.6) is 5.75 Å². The van der Waals surface area contributed by atoms with Gasteiger partial charge in [0.1, 0.15) is 24.5 Å². The molecule has 0 spiro atoms. The summed E-state index contributed by atoms with van der Waals surface area (Å²) in [6.45, 7) is 1.53. The maximum absolute atomic E-state index is 6.05. The molecule has 0 bridgehead atoms. The molecule has 5 rings (SSSR count). The average Bonchev–Trinajstić information content (AvgIpc) is 3.36. The zero-order valence-corrected chi connectivity index (χ0v) is 16.9. The number of hydrogen-bond donors (Lipinski definition) is 1. The Balaban J connectivity index is 1.26. The molecule has 1 saturated heterocycles. The smallest absolute Gasteiger partial charge is 0.227 e. The monoisotopic (exact) mass is 414 g/mol. The number of anilines is 2. The van der Waals surface area contributed by atoms with Crippen LogP contribution in [0.25, 0.3) is 16.9 Å². The largest absolute Gasteiger partial charge is 0.490 e. The zero-order valence-electron chi connectivity index (χ0n) is 16.9. The van der Waals surface area contributed by atoms with E-state index in [1.165, 1.54) is 0 Å². The molecule has 1 fully saturated rings. The Kier molecular flexibility index (Phi) is 5.53. The molecule has 1 aliphatic rings. The van der Waals surface area contributed by atoms with Crippen LogP contribution in [0.1, 0.15) is 12.8 Å². The molecule has 0 unspecified atom stereocenters. The lowest BCUT2D eigenvalue weighted by Crippen LogP contribution is -2.25. The minimum absolute atomic E-state index is 0.228. The minimum atomic E-state index is 0.228. The summed E-state index contributed by atoms with van der Waals surface area (Å²) in [5.41, 5.74) is 3.73. The highest BCUT2D eigenvalue weighted by atomic mass is 16.5. The van der Waals surface area contributed by atoms with Crippen LogP contribution in [0.3, 0.4) is 0 Å². The van der Waals surface area contributed by atoms with Crippen LogP contribution >= 0.6 is 0 Å². The number of aromatic nitrogens is 5. The van der Waals surface area contributed by atoms with Gasteiger partial charge in [0, 0.05) is 36.0 Å². The van der Waals surface area contributed by atoms with Crippen molar-refractivity contribution in [1.29, 1.82) is 0 Å². The second kappa shape index (κ2) is 8.93. The van der Waals surface area contributed by atoms with Gasteiger partial charge in [-0.1, -0.05) is 0 Å². The van der Waals surface area contributed by atoms with E-state index in [0.717, 1.165) is 54.4 Å². The number of nitrogens with zero attached hydrogens (tertiary/aromatic N) is 5. The zero-order chi connectivity index (χ0) is 20.9. The first-order valence-electron chi connectivity index (χ1n) is 10.2. The van der Waals surface area contributed by atoms with Crippen molar-refractivity contribution in [2.45, 2.75) is 18.9 Å². The van der Waals surface area contributed by atoms with Gasteiger partial charge in [0.15, 0.2) is 0 Å². The van der Waals surface area contributed by atoms with E-state index < -0.39 is 0 Å².